The van der Waals surface area contributed by atoms with Crippen molar-refractivity contribution < 1.29 is 30.9 Å². The SMILES string of the molecule is [NH3+]CCC[NH2+][C@@H](CC(=O)Nc1cccc(O)c1)C(=O)[O-]. The summed E-state index contributed by atoms with van der Waals surface area (Å²) in [4.78, 5) is 22.7. The van der Waals surface area contributed by atoms with E-state index >= 15 is 0 Å². The van der Waals surface area contributed by atoms with Gasteiger partial charge in [-0.25, -0.2) is 0 Å². The van der Waals surface area contributed by atoms with Gasteiger partial charge in [-0.3, -0.25) is 4.79 Å². The van der Waals surface area contributed by atoms with Gasteiger partial charge in [-0.2, -0.15) is 0 Å². The molecule has 7 N–H and O–H groups in total. The molecule has 0 spiro atoms. The van der Waals surface area contributed by atoms with Crippen molar-refractivity contribution in [3.63, 3.8) is 0 Å². The van der Waals surface area contributed by atoms with Crippen LogP contribution in [0, 0.1) is 0 Å². The van der Waals surface area contributed by atoms with Gasteiger partial charge in [-0.15, -0.1) is 0 Å². The Hall–Kier alpha value is -2.12. The van der Waals surface area contributed by atoms with Crippen LogP contribution in [-0.4, -0.2) is 36.1 Å². The second-order valence-electron chi connectivity index (χ2n) is 4.46. The van der Waals surface area contributed by atoms with E-state index in [1.54, 1.807) is 17.4 Å². The van der Waals surface area contributed by atoms with E-state index in [1.807, 2.05) is 0 Å². The van der Waals surface area contributed by atoms with E-state index in [-0.39, 0.29) is 12.2 Å². The largest absolute Gasteiger partial charge is 0.544 e. The zero-order valence-corrected chi connectivity index (χ0v) is 11.2. The quantitative estimate of drug-likeness (QED) is 0.379. The number of quaternary nitrogens is 2. The first-order chi connectivity index (χ1) is 9.52. The second kappa shape index (κ2) is 8.13. The van der Waals surface area contributed by atoms with Crippen molar-refractivity contribution in [2.75, 3.05) is 18.4 Å². The van der Waals surface area contributed by atoms with E-state index in [0.717, 1.165) is 6.42 Å². The molecule has 20 heavy (non-hydrogen) atoms. The van der Waals surface area contributed by atoms with Crippen molar-refractivity contribution in [1.82, 2.24) is 0 Å². The molecule has 1 rings (SSSR count). The summed E-state index contributed by atoms with van der Waals surface area (Å²) in [5.41, 5.74) is 4.09. The molecule has 0 unspecified atom stereocenters. The van der Waals surface area contributed by atoms with Crippen LogP contribution in [0.4, 0.5) is 5.69 Å². The van der Waals surface area contributed by atoms with Gasteiger partial charge in [0.2, 0.25) is 5.91 Å². The first-order valence-electron chi connectivity index (χ1n) is 6.45. The van der Waals surface area contributed by atoms with Gasteiger partial charge in [0.25, 0.3) is 0 Å². The molecule has 7 nitrogen and oxygen atoms in total. The number of carbonyl (C=O) groups excluding carboxylic acids is 2. The molecule has 0 radical (unpaired) electrons. The van der Waals surface area contributed by atoms with Crippen molar-refractivity contribution in [2.24, 2.45) is 0 Å². The van der Waals surface area contributed by atoms with E-state index in [9.17, 15) is 19.8 Å². The van der Waals surface area contributed by atoms with Crippen LogP contribution < -0.4 is 21.5 Å². The third-order valence-electron chi connectivity index (χ3n) is 2.74. The first-order valence-corrected chi connectivity index (χ1v) is 6.45. The van der Waals surface area contributed by atoms with Crippen LogP contribution in [0.25, 0.3) is 0 Å². The van der Waals surface area contributed by atoms with E-state index in [0.29, 0.717) is 18.8 Å². The van der Waals surface area contributed by atoms with Gasteiger partial charge in [0.1, 0.15) is 11.8 Å². The fraction of sp³-hybridized carbons (Fsp3) is 0.385. The minimum absolute atomic E-state index is 0.0289. The summed E-state index contributed by atoms with van der Waals surface area (Å²) < 4.78 is 0. The number of carboxylic acids is 1. The number of phenols is 1. The number of aliphatic carboxylic acids is 1. The molecule has 1 aromatic rings. The number of amides is 1. The van der Waals surface area contributed by atoms with Crippen LogP contribution in [0.3, 0.4) is 0 Å². The highest BCUT2D eigenvalue weighted by atomic mass is 16.4. The standard InChI is InChI=1S/C13H19N3O4/c14-5-2-6-15-11(13(19)20)8-12(18)16-9-3-1-4-10(17)7-9/h1,3-4,7,11,15,17H,2,5-6,8,14H2,(H,16,18)(H,19,20)/p+1/t11-/m0/s1. The number of benzene rings is 1. The number of anilines is 1. The lowest BCUT2D eigenvalue weighted by atomic mass is 10.2. The smallest absolute Gasteiger partial charge is 0.230 e. The van der Waals surface area contributed by atoms with Crippen molar-refractivity contribution in [1.29, 1.82) is 0 Å². The Labute approximate surface area is 116 Å². The monoisotopic (exact) mass is 282 g/mol. The molecule has 110 valence electrons. The molecule has 0 aliphatic rings. The Kier molecular flexibility index (Phi) is 6.48. The Morgan fingerprint density at radius 3 is 2.80 bits per heavy atom. The number of nitrogens with one attached hydrogen (secondary N) is 1. The third kappa shape index (κ3) is 5.68. The summed E-state index contributed by atoms with van der Waals surface area (Å²) in [5.74, 6) is -1.67. The molecule has 1 amide bonds. The van der Waals surface area contributed by atoms with Crippen molar-refractivity contribution in [3.8, 4) is 5.75 Å². The van der Waals surface area contributed by atoms with E-state index < -0.39 is 17.9 Å². The van der Waals surface area contributed by atoms with Gasteiger partial charge in [0.05, 0.1) is 25.5 Å². The minimum atomic E-state index is -1.26. The number of carboxylic acid groups (broad SMARTS) is 1. The van der Waals surface area contributed by atoms with Gasteiger partial charge in [-0.1, -0.05) is 6.07 Å². The van der Waals surface area contributed by atoms with Crippen molar-refractivity contribution >= 4 is 17.6 Å². The van der Waals surface area contributed by atoms with Crippen LogP contribution in [-0.2, 0) is 9.59 Å². The fourth-order valence-electron chi connectivity index (χ4n) is 1.72. The molecule has 0 aliphatic heterocycles. The fourth-order valence-corrected chi connectivity index (χ4v) is 1.72. The van der Waals surface area contributed by atoms with E-state index in [4.69, 9.17) is 0 Å². The number of rotatable bonds is 8. The second-order valence-corrected chi connectivity index (χ2v) is 4.46. The first kappa shape index (κ1) is 15.9. The predicted molar refractivity (Wildman–Crippen MR) is 69.3 cm³/mol. The van der Waals surface area contributed by atoms with Crippen molar-refractivity contribution in [2.45, 2.75) is 18.9 Å². The Bertz CT molecular complexity index is 465. The molecule has 0 bridgehead atoms. The predicted octanol–water partition coefficient (Wildman–Crippen LogP) is -2.97. The van der Waals surface area contributed by atoms with Crippen LogP contribution in [0.2, 0.25) is 0 Å². The molecule has 0 aromatic heterocycles. The Morgan fingerprint density at radius 2 is 2.20 bits per heavy atom. The Balaban J connectivity index is 2.51. The lowest BCUT2D eigenvalue weighted by Crippen LogP contribution is -2.93. The third-order valence-corrected chi connectivity index (χ3v) is 2.74. The molecule has 0 fully saturated rings. The number of hydrogen-bond acceptors (Lipinski definition) is 4. The summed E-state index contributed by atoms with van der Waals surface area (Å²) in [6.45, 7) is 1.30. The number of aromatic hydroxyl groups is 1. The molecule has 0 saturated carbocycles. The number of phenolic OH excluding ortho intramolecular Hbond substituents is 1. The molecule has 1 atom stereocenters. The zero-order chi connectivity index (χ0) is 15.0. The molecular weight excluding hydrogens is 262 g/mol. The topological polar surface area (TPSA) is 134 Å². The summed E-state index contributed by atoms with van der Waals surface area (Å²) in [6.07, 6.45) is 0.590. The molecule has 0 heterocycles. The number of hydrogen-bond donors (Lipinski definition) is 4. The van der Waals surface area contributed by atoms with Gasteiger partial charge < -0.3 is 31.4 Å². The summed E-state index contributed by atoms with van der Waals surface area (Å²) in [7, 11) is 0. The molecule has 0 saturated heterocycles. The van der Waals surface area contributed by atoms with Crippen molar-refractivity contribution in [3.05, 3.63) is 24.3 Å². The molecule has 0 aliphatic carbocycles. The average Bonchev–Trinajstić information content (AvgIpc) is 2.37. The maximum absolute atomic E-state index is 11.8. The molecular formula is C13H20N3O4+. The highest BCUT2D eigenvalue weighted by molar-refractivity contribution is 5.93. The summed E-state index contributed by atoms with van der Waals surface area (Å²) in [5, 5.41) is 24.3. The van der Waals surface area contributed by atoms with E-state index in [1.165, 1.54) is 12.1 Å². The Morgan fingerprint density at radius 1 is 1.45 bits per heavy atom. The van der Waals surface area contributed by atoms with Crippen LogP contribution in [0.5, 0.6) is 5.75 Å². The summed E-state index contributed by atoms with van der Waals surface area (Å²) in [6, 6.07) is 5.14. The average molecular weight is 282 g/mol. The molecule has 7 heteroatoms. The molecule has 1 aromatic carbocycles. The van der Waals surface area contributed by atoms with Gasteiger partial charge in [0.15, 0.2) is 0 Å². The maximum Gasteiger partial charge on any atom is 0.230 e. The van der Waals surface area contributed by atoms with Gasteiger partial charge >= 0.3 is 0 Å². The summed E-state index contributed by atoms with van der Waals surface area (Å²) >= 11 is 0. The number of carbonyl (C=O) groups is 2. The van der Waals surface area contributed by atoms with Crippen LogP contribution >= 0.6 is 0 Å². The lowest BCUT2D eigenvalue weighted by molar-refractivity contribution is -0.684. The normalized spacial score (nSPS) is 11.8. The highest BCUT2D eigenvalue weighted by Crippen LogP contribution is 2.15. The lowest BCUT2D eigenvalue weighted by Gasteiger charge is -2.16. The number of nitrogens with two attached hydrogens (primary N) is 1. The van der Waals surface area contributed by atoms with Gasteiger partial charge in [0, 0.05) is 18.2 Å². The van der Waals surface area contributed by atoms with E-state index in [2.05, 4.69) is 11.1 Å². The van der Waals surface area contributed by atoms with Gasteiger partial charge in [-0.05, 0) is 12.1 Å². The van der Waals surface area contributed by atoms with Crippen LogP contribution in [0.1, 0.15) is 12.8 Å². The zero-order valence-electron chi connectivity index (χ0n) is 11.2. The van der Waals surface area contributed by atoms with Crippen LogP contribution in [0.15, 0.2) is 24.3 Å². The minimum Gasteiger partial charge on any atom is -0.544 e. The highest BCUT2D eigenvalue weighted by Gasteiger charge is 2.18. The maximum atomic E-state index is 11.8.